The molecule has 0 aliphatic carbocycles. The number of amidine groups is 1. The number of allylic oxidation sites excluding steroid dienone is 1. The van der Waals surface area contributed by atoms with Crippen molar-refractivity contribution in [2.45, 2.75) is 33.0 Å². The number of nitrogens with zero attached hydrogens (tertiary/aromatic N) is 3. The summed E-state index contributed by atoms with van der Waals surface area (Å²) in [6, 6.07) is 6.77. The van der Waals surface area contributed by atoms with Crippen molar-refractivity contribution in [1.29, 1.82) is 0 Å². The van der Waals surface area contributed by atoms with Crippen LogP contribution in [0.25, 0.3) is 0 Å². The number of amides is 2. The summed E-state index contributed by atoms with van der Waals surface area (Å²) in [5, 5.41) is 3.46. The second-order valence-corrected chi connectivity index (χ2v) is 8.29. The Bertz CT molecular complexity index is 1380. The maximum Gasteiger partial charge on any atom is 0.416 e. The molecule has 0 saturated carbocycles. The van der Waals surface area contributed by atoms with Gasteiger partial charge in [0.05, 0.1) is 22.9 Å². The van der Waals surface area contributed by atoms with Crippen LogP contribution < -0.4 is 10.6 Å². The van der Waals surface area contributed by atoms with Gasteiger partial charge < -0.3 is 15.5 Å². The Morgan fingerprint density at radius 2 is 1.84 bits per heavy atom. The number of nitrogens with two attached hydrogens (primary N) is 1. The number of hydrogen-bond acceptors (Lipinski definition) is 5. The van der Waals surface area contributed by atoms with Gasteiger partial charge in [-0.3, -0.25) is 9.69 Å². The first-order chi connectivity index (χ1) is 17.3. The lowest BCUT2D eigenvalue weighted by Gasteiger charge is -2.41. The van der Waals surface area contributed by atoms with E-state index in [2.05, 4.69) is 11.1 Å². The van der Waals surface area contributed by atoms with Crippen molar-refractivity contribution in [3.63, 3.8) is 0 Å². The van der Waals surface area contributed by atoms with Crippen molar-refractivity contribution in [2.75, 3.05) is 11.9 Å². The summed E-state index contributed by atoms with van der Waals surface area (Å²) in [6.07, 6.45) is 0.841. The predicted octanol–water partition coefficient (Wildman–Crippen LogP) is 4.61. The lowest BCUT2D eigenvalue weighted by molar-refractivity contribution is -0.137. The maximum absolute atomic E-state index is 13.5. The molecule has 37 heavy (non-hydrogen) atoms. The van der Waals surface area contributed by atoms with E-state index in [1.807, 2.05) is 0 Å². The van der Waals surface area contributed by atoms with Gasteiger partial charge in [0.25, 0.3) is 0 Å². The molecule has 0 saturated heterocycles. The van der Waals surface area contributed by atoms with E-state index in [0.717, 1.165) is 21.9 Å². The van der Waals surface area contributed by atoms with E-state index in [1.54, 1.807) is 0 Å². The van der Waals surface area contributed by atoms with E-state index >= 15 is 0 Å². The van der Waals surface area contributed by atoms with Crippen molar-refractivity contribution in [3.8, 4) is 12.3 Å². The van der Waals surface area contributed by atoms with Gasteiger partial charge in [-0.2, -0.15) is 13.2 Å². The van der Waals surface area contributed by atoms with E-state index in [-0.39, 0.29) is 33.9 Å². The lowest BCUT2D eigenvalue weighted by atomic mass is 9.87. The third-order valence-electron chi connectivity index (χ3n) is 5.70. The number of Topliss-reactive ketones (excluding diaryl/α,β-unsaturated/α-hetero) is 1. The summed E-state index contributed by atoms with van der Waals surface area (Å²) >= 11 is 0. The zero-order valence-electron chi connectivity index (χ0n) is 20.4. The summed E-state index contributed by atoms with van der Waals surface area (Å²) in [5.74, 6) is 0.980. The van der Waals surface area contributed by atoms with Gasteiger partial charge in [0.1, 0.15) is 5.84 Å². The largest absolute Gasteiger partial charge is 0.416 e. The van der Waals surface area contributed by atoms with Crippen LogP contribution in [0.3, 0.4) is 0 Å². The molecular weight excluding hydrogens is 489 g/mol. The number of rotatable bonds is 5. The minimum atomic E-state index is -4.64. The van der Waals surface area contributed by atoms with Crippen molar-refractivity contribution < 1.29 is 32.4 Å². The smallest absolute Gasteiger partial charge is 0.385 e. The van der Waals surface area contributed by atoms with Crippen LogP contribution in [0.1, 0.15) is 53.9 Å². The molecule has 192 valence electrons. The van der Waals surface area contributed by atoms with E-state index in [0.29, 0.717) is 5.56 Å². The maximum atomic E-state index is 13.5. The van der Waals surface area contributed by atoms with Crippen LogP contribution in [0.15, 0.2) is 58.9 Å². The number of likely N-dealkylation sites (N-methyl/N-ethyl adjacent to an activating group) is 1. The Morgan fingerprint density at radius 1 is 1.16 bits per heavy atom. The molecule has 2 amide bonds. The quantitative estimate of drug-likeness (QED) is 0.207. The lowest BCUT2D eigenvalue weighted by Crippen LogP contribution is -2.49. The number of carbonyl (C=O) groups excluding carboxylic acids is 3. The first-order valence-electron chi connectivity index (χ1n) is 10.9. The van der Waals surface area contributed by atoms with Gasteiger partial charge in [-0.25, -0.2) is 9.59 Å². The molecule has 3 rings (SSSR count). The van der Waals surface area contributed by atoms with Gasteiger partial charge in [0.15, 0.2) is 5.78 Å². The SMILES string of the molecule is C#Cc1ccc(C2C(C(C)=O)=C(C)N(c3cccc(C(F)(F)F)c3)C(=O)N2C)c(C(=O)O/N=C(\C)N)c1. The molecule has 0 spiro atoms. The van der Waals surface area contributed by atoms with Gasteiger partial charge in [-0.1, -0.05) is 23.2 Å². The number of anilines is 1. The molecule has 2 aromatic carbocycles. The van der Waals surface area contributed by atoms with E-state index in [9.17, 15) is 27.6 Å². The Labute approximate surface area is 211 Å². The average molecular weight is 512 g/mol. The highest BCUT2D eigenvalue weighted by Crippen LogP contribution is 2.41. The Morgan fingerprint density at radius 3 is 2.41 bits per heavy atom. The number of ketones is 1. The number of urea groups is 1. The average Bonchev–Trinajstić information content (AvgIpc) is 2.83. The van der Waals surface area contributed by atoms with Gasteiger partial charge >= 0.3 is 18.2 Å². The number of carbonyl (C=O) groups is 3. The Balaban J connectivity index is 2.24. The summed E-state index contributed by atoms with van der Waals surface area (Å²) in [5.41, 5.74) is 5.07. The predicted molar refractivity (Wildman–Crippen MR) is 130 cm³/mol. The molecule has 8 nitrogen and oxygen atoms in total. The summed E-state index contributed by atoms with van der Waals surface area (Å²) < 4.78 is 40.0. The Kier molecular flexibility index (Phi) is 7.43. The molecule has 11 heteroatoms. The van der Waals surface area contributed by atoms with Gasteiger partial charge in [-0.05, 0) is 56.7 Å². The summed E-state index contributed by atoms with van der Waals surface area (Å²) in [4.78, 5) is 46.3. The molecule has 0 radical (unpaired) electrons. The molecule has 1 unspecified atom stereocenters. The zero-order chi connectivity index (χ0) is 27.7. The number of alkyl halides is 3. The number of benzene rings is 2. The van der Waals surface area contributed by atoms with Crippen LogP contribution in [0.2, 0.25) is 0 Å². The van der Waals surface area contributed by atoms with Crippen molar-refractivity contribution >= 4 is 29.3 Å². The Hall–Kier alpha value is -4.59. The monoisotopic (exact) mass is 512 g/mol. The van der Waals surface area contributed by atoms with Crippen LogP contribution in [-0.4, -0.2) is 35.6 Å². The van der Waals surface area contributed by atoms with E-state index in [4.69, 9.17) is 17.0 Å². The summed E-state index contributed by atoms with van der Waals surface area (Å²) in [6.45, 7) is 4.11. The van der Waals surface area contributed by atoms with E-state index in [1.165, 1.54) is 58.2 Å². The topological polar surface area (TPSA) is 105 Å². The van der Waals surface area contributed by atoms with Crippen LogP contribution >= 0.6 is 0 Å². The van der Waals surface area contributed by atoms with Gasteiger partial charge in [-0.15, -0.1) is 6.42 Å². The fourth-order valence-electron chi connectivity index (χ4n) is 4.08. The molecule has 0 bridgehead atoms. The highest BCUT2D eigenvalue weighted by atomic mass is 19.4. The number of oxime groups is 1. The molecule has 2 aromatic rings. The van der Waals surface area contributed by atoms with Crippen molar-refractivity contribution in [1.82, 2.24) is 4.90 Å². The first kappa shape index (κ1) is 27.0. The number of terminal acetylenes is 1. The highest BCUT2D eigenvalue weighted by molar-refractivity contribution is 6.05. The molecule has 1 aliphatic heterocycles. The molecule has 2 N–H and O–H groups in total. The molecule has 0 fully saturated rings. The fraction of sp³-hybridized carbons (Fsp3) is 0.231. The number of hydrogen-bond donors (Lipinski definition) is 1. The second kappa shape index (κ2) is 10.2. The van der Waals surface area contributed by atoms with Crippen LogP contribution in [-0.2, 0) is 15.8 Å². The van der Waals surface area contributed by atoms with Crippen LogP contribution in [0, 0.1) is 12.3 Å². The zero-order valence-corrected chi connectivity index (χ0v) is 20.4. The molecule has 1 atom stereocenters. The van der Waals surface area contributed by atoms with Crippen LogP contribution in [0.4, 0.5) is 23.7 Å². The number of halogens is 3. The normalized spacial score (nSPS) is 16.5. The van der Waals surface area contributed by atoms with Crippen LogP contribution in [0.5, 0.6) is 0 Å². The highest BCUT2D eigenvalue weighted by Gasteiger charge is 2.41. The fourth-order valence-corrected chi connectivity index (χ4v) is 4.08. The van der Waals surface area contributed by atoms with E-state index < -0.39 is 35.6 Å². The third-order valence-corrected chi connectivity index (χ3v) is 5.70. The molecule has 1 heterocycles. The van der Waals surface area contributed by atoms with Crippen molar-refractivity contribution in [3.05, 3.63) is 76.0 Å². The van der Waals surface area contributed by atoms with Gasteiger partial charge in [0, 0.05) is 23.9 Å². The first-order valence-corrected chi connectivity index (χ1v) is 10.9. The van der Waals surface area contributed by atoms with Crippen molar-refractivity contribution in [2.24, 2.45) is 10.9 Å². The third kappa shape index (κ3) is 5.33. The summed E-state index contributed by atoms with van der Waals surface area (Å²) in [7, 11) is 1.37. The second-order valence-electron chi connectivity index (χ2n) is 8.29. The molecule has 0 aromatic heterocycles. The van der Waals surface area contributed by atoms with Gasteiger partial charge in [0.2, 0.25) is 0 Å². The molecular formula is C26H23F3N4O4. The minimum Gasteiger partial charge on any atom is -0.385 e. The minimum absolute atomic E-state index is 0.0233. The molecule has 1 aliphatic rings. The standard InChI is InChI=1S/C26H23F3N4O4/c1-6-17-10-11-20(21(12-17)24(35)37-31-16(4)30)23-22(15(3)34)14(2)33(25(36)32(23)5)19-9-7-8-18(13-19)26(27,28)29/h1,7-13,23H,2-5H3,(H2,30,31).